The molecule has 20 heavy (non-hydrogen) atoms. The molecule has 2 aromatic heterocycles. The second-order valence-corrected chi connectivity index (χ2v) is 4.84. The third kappa shape index (κ3) is 2.34. The van der Waals surface area contributed by atoms with Crippen molar-refractivity contribution in [2.24, 2.45) is 0 Å². The molecule has 3 rings (SSSR count). The highest BCUT2D eigenvalue weighted by molar-refractivity contribution is 5.90. The lowest BCUT2D eigenvalue weighted by molar-refractivity contribution is 0.0693. The van der Waals surface area contributed by atoms with Crippen LogP contribution >= 0.6 is 0 Å². The van der Waals surface area contributed by atoms with Gasteiger partial charge in [-0.3, -0.25) is 4.98 Å². The molecule has 0 bridgehead atoms. The van der Waals surface area contributed by atoms with Crippen molar-refractivity contribution < 1.29 is 14.6 Å². The first-order valence-electron chi connectivity index (χ1n) is 6.50. The Bertz CT molecular complexity index is 666. The van der Waals surface area contributed by atoms with Crippen LogP contribution in [-0.2, 0) is 12.8 Å². The van der Waals surface area contributed by atoms with Gasteiger partial charge in [0, 0.05) is 11.4 Å². The van der Waals surface area contributed by atoms with Gasteiger partial charge in [-0.15, -0.1) is 0 Å². The monoisotopic (exact) mass is 270 g/mol. The van der Waals surface area contributed by atoms with E-state index in [0.717, 1.165) is 36.2 Å². The Morgan fingerprint density at radius 1 is 1.35 bits per heavy atom. The van der Waals surface area contributed by atoms with Gasteiger partial charge in [0.15, 0.2) is 0 Å². The summed E-state index contributed by atoms with van der Waals surface area (Å²) in [6, 6.07) is 5.24. The predicted molar refractivity (Wildman–Crippen MR) is 72.3 cm³/mol. The molecule has 102 valence electrons. The van der Waals surface area contributed by atoms with E-state index in [0.29, 0.717) is 5.75 Å². The first-order valence-corrected chi connectivity index (χ1v) is 6.50. The molecule has 0 spiro atoms. The standard InChI is InChI=1S/C15H14N2O3/c1-9-5-6-11(8-16-9)20-14-12(15(18)19)7-10-3-2-4-13(10)17-14/h5-8H,2-4H2,1H3,(H,18,19). The number of aryl methyl sites for hydroxylation is 3. The maximum Gasteiger partial charge on any atom is 0.341 e. The molecular weight excluding hydrogens is 256 g/mol. The topological polar surface area (TPSA) is 72.3 Å². The lowest BCUT2D eigenvalue weighted by Crippen LogP contribution is -2.05. The van der Waals surface area contributed by atoms with Crippen LogP contribution in [0, 0.1) is 6.92 Å². The van der Waals surface area contributed by atoms with Gasteiger partial charge in [-0.1, -0.05) is 0 Å². The zero-order chi connectivity index (χ0) is 14.1. The van der Waals surface area contributed by atoms with Crippen LogP contribution in [0.5, 0.6) is 11.6 Å². The molecular formula is C15H14N2O3. The maximum atomic E-state index is 11.3. The number of ether oxygens (including phenoxy) is 1. The number of hydrogen-bond donors (Lipinski definition) is 1. The van der Waals surface area contributed by atoms with Crippen LogP contribution in [0.1, 0.15) is 33.7 Å². The minimum atomic E-state index is -1.03. The number of hydrogen-bond acceptors (Lipinski definition) is 4. The second kappa shape index (κ2) is 4.92. The van der Waals surface area contributed by atoms with E-state index in [1.54, 1.807) is 18.3 Å². The van der Waals surface area contributed by atoms with Crippen molar-refractivity contribution in [2.75, 3.05) is 0 Å². The largest absolute Gasteiger partial charge is 0.477 e. The first kappa shape index (κ1) is 12.6. The van der Waals surface area contributed by atoms with Crippen molar-refractivity contribution >= 4 is 5.97 Å². The zero-order valence-corrected chi connectivity index (χ0v) is 11.1. The second-order valence-electron chi connectivity index (χ2n) is 4.84. The van der Waals surface area contributed by atoms with E-state index in [4.69, 9.17) is 4.74 Å². The minimum absolute atomic E-state index is 0.103. The van der Waals surface area contributed by atoms with E-state index in [1.807, 2.05) is 13.0 Å². The van der Waals surface area contributed by atoms with E-state index in [9.17, 15) is 9.90 Å². The fourth-order valence-corrected chi connectivity index (χ4v) is 2.31. The molecule has 0 radical (unpaired) electrons. The molecule has 0 aromatic carbocycles. The molecule has 0 saturated carbocycles. The number of pyridine rings is 2. The van der Waals surface area contributed by atoms with Crippen molar-refractivity contribution in [1.29, 1.82) is 0 Å². The Morgan fingerprint density at radius 2 is 2.20 bits per heavy atom. The highest BCUT2D eigenvalue weighted by Gasteiger charge is 2.21. The molecule has 0 atom stereocenters. The predicted octanol–water partition coefficient (Wildman–Crippen LogP) is 2.76. The summed E-state index contributed by atoms with van der Waals surface area (Å²) in [5, 5.41) is 9.28. The van der Waals surface area contributed by atoms with Crippen molar-refractivity contribution in [2.45, 2.75) is 26.2 Å². The number of rotatable bonds is 3. The Labute approximate surface area is 116 Å². The van der Waals surface area contributed by atoms with E-state index in [1.165, 1.54) is 0 Å². The molecule has 5 heteroatoms. The average Bonchev–Trinajstić information content (AvgIpc) is 2.87. The van der Waals surface area contributed by atoms with Gasteiger partial charge in [-0.05, 0) is 49.9 Å². The Balaban J connectivity index is 1.99. The van der Waals surface area contributed by atoms with Gasteiger partial charge in [0.1, 0.15) is 11.3 Å². The molecule has 0 unspecified atom stereocenters. The van der Waals surface area contributed by atoms with E-state index >= 15 is 0 Å². The summed E-state index contributed by atoms with van der Waals surface area (Å²) in [5.74, 6) is -0.394. The molecule has 1 aliphatic rings. The Kier molecular flexibility index (Phi) is 3.10. The molecule has 1 N–H and O–H groups in total. The highest BCUT2D eigenvalue weighted by atomic mass is 16.5. The summed E-state index contributed by atoms with van der Waals surface area (Å²) in [6.45, 7) is 1.88. The Morgan fingerprint density at radius 3 is 2.90 bits per heavy atom. The minimum Gasteiger partial charge on any atom is -0.477 e. The third-order valence-corrected chi connectivity index (χ3v) is 3.35. The number of nitrogens with zero attached hydrogens (tertiary/aromatic N) is 2. The van der Waals surface area contributed by atoms with Crippen LogP contribution in [0.15, 0.2) is 24.4 Å². The summed E-state index contributed by atoms with van der Waals surface area (Å²) in [6.07, 6.45) is 4.33. The van der Waals surface area contributed by atoms with Gasteiger partial charge in [0.2, 0.25) is 5.88 Å². The van der Waals surface area contributed by atoms with Crippen LogP contribution in [0.3, 0.4) is 0 Å². The van der Waals surface area contributed by atoms with Crippen molar-refractivity contribution in [3.63, 3.8) is 0 Å². The van der Waals surface area contributed by atoms with E-state index in [2.05, 4.69) is 9.97 Å². The molecule has 2 aromatic rings. The molecule has 2 heterocycles. The van der Waals surface area contributed by atoms with Crippen LogP contribution in [0.4, 0.5) is 0 Å². The lowest BCUT2D eigenvalue weighted by Gasteiger charge is -2.10. The smallest absolute Gasteiger partial charge is 0.341 e. The van der Waals surface area contributed by atoms with E-state index in [-0.39, 0.29) is 11.4 Å². The zero-order valence-electron chi connectivity index (χ0n) is 11.1. The fourth-order valence-electron chi connectivity index (χ4n) is 2.31. The molecule has 0 fully saturated rings. The molecule has 5 nitrogen and oxygen atoms in total. The highest BCUT2D eigenvalue weighted by Crippen LogP contribution is 2.29. The van der Waals surface area contributed by atoms with Gasteiger partial charge in [-0.25, -0.2) is 9.78 Å². The summed E-state index contributed by atoms with van der Waals surface area (Å²) < 4.78 is 5.60. The first-order chi connectivity index (χ1) is 9.63. The van der Waals surface area contributed by atoms with E-state index < -0.39 is 5.97 Å². The molecule has 1 aliphatic carbocycles. The van der Waals surface area contributed by atoms with Crippen molar-refractivity contribution in [3.8, 4) is 11.6 Å². The number of fused-ring (bicyclic) bond motifs is 1. The Hall–Kier alpha value is -2.43. The fraction of sp³-hybridized carbons (Fsp3) is 0.267. The van der Waals surface area contributed by atoms with Crippen LogP contribution in [0.2, 0.25) is 0 Å². The maximum absolute atomic E-state index is 11.3. The number of carbonyl (C=O) groups is 1. The van der Waals surface area contributed by atoms with Crippen molar-refractivity contribution in [3.05, 3.63) is 46.9 Å². The van der Waals surface area contributed by atoms with Gasteiger partial charge >= 0.3 is 5.97 Å². The normalized spacial score (nSPS) is 13.1. The summed E-state index contributed by atoms with van der Waals surface area (Å²) >= 11 is 0. The van der Waals surface area contributed by atoms with Gasteiger partial charge in [0.05, 0.1) is 6.20 Å². The van der Waals surface area contributed by atoms with Gasteiger partial charge in [-0.2, -0.15) is 0 Å². The summed E-state index contributed by atoms with van der Waals surface area (Å²) in [7, 11) is 0. The molecule has 0 aliphatic heterocycles. The quantitative estimate of drug-likeness (QED) is 0.928. The number of carboxylic acid groups (broad SMARTS) is 1. The van der Waals surface area contributed by atoms with Crippen molar-refractivity contribution in [1.82, 2.24) is 9.97 Å². The number of carboxylic acids is 1. The molecule has 0 amide bonds. The molecule has 0 saturated heterocycles. The van der Waals surface area contributed by atoms with Crippen LogP contribution in [0.25, 0.3) is 0 Å². The van der Waals surface area contributed by atoms with Crippen LogP contribution < -0.4 is 4.74 Å². The summed E-state index contributed by atoms with van der Waals surface area (Å²) in [4.78, 5) is 19.8. The number of aromatic carboxylic acids is 1. The van der Waals surface area contributed by atoms with Gasteiger partial charge < -0.3 is 9.84 Å². The SMILES string of the molecule is Cc1ccc(Oc2nc3c(cc2C(=O)O)CCC3)cn1. The average molecular weight is 270 g/mol. The number of aromatic nitrogens is 2. The third-order valence-electron chi connectivity index (χ3n) is 3.35. The lowest BCUT2D eigenvalue weighted by atomic mass is 10.1. The van der Waals surface area contributed by atoms with Crippen LogP contribution in [-0.4, -0.2) is 21.0 Å². The van der Waals surface area contributed by atoms with Gasteiger partial charge in [0.25, 0.3) is 0 Å². The summed E-state index contributed by atoms with van der Waals surface area (Å²) in [5.41, 5.74) is 2.92.